The van der Waals surface area contributed by atoms with E-state index in [9.17, 15) is 9.18 Å². The average Bonchev–Trinajstić information content (AvgIpc) is 2.62. The van der Waals surface area contributed by atoms with Crippen molar-refractivity contribution in [3.8, 4) is 5.75 Å². The third-order valence-electron chi connectivity index (χ3n) is 3.42. The zero-order valence-corrected chi connectivity index (χ0v) is 17.2. The van der Waals surface area contributed by atoms with Crippen molar-refractivity contribution in [3.05, 3.63) is 58.4 Å². The first-order valence-electron chi connectivity index (χ1n) is 7.91. The van der Waals surface area contributed by atoms with Gasteiger partial charge in [0.25, 0.3) is 0 Å². The first kappa shape index (κ1) is 21.3. The lowest BCUT2D eigenvalue weighted by molar-refractivity contribution is -0.119. The molecule has 9 heteroatoms. The number of rotatable bonds is 6. The maximum Gasteiger partial charge on any atom is 0.248 e. The van der Waals surface area contributed by atoms with Gasteiger partial charge in [0, 0.05) is 10.8 Å². The predicted octanol–water partition coefficient (Wildman–Crippen LogP) is 4.05. The molecule has 144 valence electrons. The van der Waals surface area contributed by atoms with Crippen molar-refractivity contribution in [1.82, 2.24) is 10.9 Å². The fourth-order valence-electron chi connectivity index (χ4n) is 2.13. The minimum absolute atomic E-state index is 0.192. The highest BCUT2D eigenvalue weighted by molar-refractivity contribution is 7.99. The number of methoxy groups -OCH3 is 1. The van der Waals surface area contributed by atoms with Crippen LogP contribution in [0, 0.1) is 12.7 Å². The second-order valence-electron chi connectivity index (χ2n) is 5.56. The topological polar surface area (TPSA) is 62.4 Å². The van der Waals surface area contributed by atoms with Gasteiger partial charge in [-0.15, -0.1) is 11.8 Å². The van der Waals surface area contributed by atoms with Crippen LogP contribution < -0.4 is 20.9 Å². The number of carbonyl (C=O) groups is 1. The number of thioether (sulfide) groups is 1. The van der Waals surface area contributed by atoms with Crippen LogP contribution in [0.4, 0.5) is 10.1 Å². The van der Waals surface area contributed by atoms with E-state index in [1.54, 1.807) is 13.2 Å². The molecule has 0 spiro atoms. The van der Waals surface area contributed by atoms with Gasteiger partial charge in [0.1, 0.15) is 11.6 Å². The summed E-state index contributed by atoms with van der Waals surface area (Å²) < 4.78 is 18.3. The number of thiocarbonyl (C=S) groups is 1. The minimum atomic E-state index is -0.387. The zero-order valence-electron chi connectivity index (χ0n) is 14.8. The molecule has 0 bridgehead atoms. The molecule has 0 aromatic heterocycles. The number of ether oxygens (including phenoxy) is 1. The van der Waals surface area contributed by atoms with E-state index in [4.69, 9.17) is 28.6 Å². The van der Waals surface area contributed by atoms with E-state index < -0.39 is 0 Å². The maximum absolute atomic E-state index is 13.0. The monoisotopic (exact) mass is 427 g/mol. The van der Waals surface area contributed by atoms with Gasteiger partial charge in [-0.2, -0.15) is 0 Å². The molecule has 0 radical (unpaired) electrons. The van der Waals surface area contributed by atoms with E-state index in [1.807, 2.05) is 25.1 Å². The van der Waals surface area contributed by atoms with Gasteiger partial charge in [0.05, 0.1) is 18.6 Å². The van der Waals surface area contributed by atoms with Gasteiger partial charge in [0.15, 0.2) is 5.11 Å². The molecule has 0 fully saturated rings. The Kier molecular flexibility index (Phi) is 8.15. The molecule has 0 aliphatic heterocycles. The summed E-state index contributed by atoms with van der Waals surface area (Å²) in [5, 5.41) is 3.55. The van der Waals surface area contributed by atoms with Gasteiger partial charge in [-0.25, -0.2) is 4.39 Å². The molecule has 1 amide bonds. The number of benzene rings is 2. The molecule has 2 aromatic rings. The number of amides is 1. The second-order valence-corrected chi connectivity index (χ2v) is 7.36. The van der Waals surface area contributed by atoms with Gasteiger partial charge in [0.2, 0.25) is 5.91 Å². The Morgan fingerprint density at radius 1 is 1.26 bits per heavy atom. The lowest BCUT2D eigenvalue weighted by atomic mass is 10.2. The Hall–Kier alpha value is -2.03. The van der Waals surface area contributed by atoms with Crippen molar-refractivity contribution in [2.75, 3.05) is 18.2 Å². The van der Waals surface area contributed by atoms with Crippen LogP contribution in [0.25, 0.3) is 0 Å². The molecule has 0 atom stereocenters. The number of carbonyl (C=O) groups excluding carboxylic acids is 1. The van der Waals surface area contributed by atoms with E-state index in [2.05, 4.69) is 16.2 Å². The summed E-state index contributed by atoms with van der Waals surface area (Å²) >= 11 is 12.5. The van der Waals surface area contributed by atoms with Gasteiger partial charge < -0.3 is 10.1 Å². The Morgan fingerprint density at radius 2 is 2.04 bits per heavy atom. The molecule has 3 N–H and O–H groups in total. The van der Waals surface area contributed by atoms with Gasteiger partial charge in [-0.3, -0.25) is 15.6 Å². The number of nitrogens with one attached hydrogen (secondary N) is 3. The Labute approximate surface area is 172 Å². The van der Waals surface area contributed by atoms with Crippen LogP contribution >= 0.6 is 35.6 Å². The van der Waals surface area contributed by atoms with E-state index in [-0.39, 0.29) is 22.6 Å². The molecule has 2 aromatic carbocycles. The van der Waals surface area contributed by atoms with Crippen molar-refractivity contribution >= 4 is 52.3 Å². The van der Waals surface area contributed by atoms with Gasteiger partial charge in [-0.05, 0) is 54.5 Å². The van der Waals surface area contributed by atoms with E-state index in [1.165, 1.54) is 23.9 Å². The summed E-state index contributed by atoms with van der Waals surface area (Å²) in [7, 11) is 1.57. The molecule has 5 nitrogen and oxygen atoms in total. The molecule has 0 heterocycles. The Bertz CT molecular complexity index is 836. The smallest absolute Gasteiger partial charge is 0.248 e. The molecule has 0 saturated carbocycles. The Morgan fingerprint density at radius 3 is 2.74 bits per heavy atom. The summed E-state index contributed by atoms with van der Waals surface area (Å²) in [5.41, 5.74) is 7.68. The van der Waals surface area contributed by atoms with Crippen LogP contribution in [0.2, 0.25) is 5.02 Å². The van der Waals surface area contributed by atoms with Crippen molar-refractivity contribution < 1.29 is 13.9 Å². The first-order valence-corrected chi connectivity index (χ1v) is 9.85. The van der Waals surface area contributed by atoms with Crippen LogP contribution in [0.1, 0.15) is 11.1 Å². The third kappa shape index (κ3) is 6.89. The first-order chi connectivity index (χ1) is 12.9. The van der Waals surface area contributed by atoms with Gasteiger partial charge >= 0.3 is 0 Å². The normalized spacial score (nSPS) is 10.2. The fourth-order valence-corrected chi connectivity index (χ4v) is 3.43. The zero-order chi connectivity index (χ0) is 19.8. The summed E-state index contributed by atoms with van der Waals surface area (Å²) in [6.45, 7) is 1.95. The lowest BCUT2D eigenvalue weighted by Crippen LogP contribution is -2.44. The number of anilines is 1. The highest BCUT2D eigenvalue weighted by Gasteiger charge is 2.08. The number of aryl methyl sites for hydroxylation is 1. The van der Waals surface area contributed by atoms with Crippen LogP contribution in [0.3, 0.4) is 0 Å². The SMILES string of the molecule is COc1ccc(C)cc1NC(=S)NNC(=O)CSCc1ccc(F)cc1Cl. The summed E-state index contributed by atoms with van der Waals surface area (Å²) in [6, 6.07) is 9.84. The Balaban J connectivity index is 1.75. The van der Waals surface area contributed by atoms with E-state index >= 15 is 0 Å². The number of halogens is 2. The fraction of sp³-hybridized carbons (Fsp3) is 0.222. The molecular weight excluding hydrogens is 409 g/mol. The number of hydrazine groups is 1. The highest BCUT2D eigenvalue weighted by atomic mass is 35.5. The summed E-state index contributed by atoms with van der Waals surface area (Å²) in [5.74, 6) is 0.690. The summed E-state index contributed by atoms with van der Waals surface area (Å²) in [4.78, 5) is 11.9. The quantitative estimate of drug-likeness (QED) is 0.477. The molecule has 0 unspecified atom stereocenters. The highest BCUT2D eigenvalue weighted by Crippen LogP contribution is 2.25. The number of hydrogen-bond donors (Lipinski definition) is 3. The standard InChI is InChI=1S/C18H19ClFN3O2S2/c1-11-3-6-16(25-2)15(7-11)21-18(26)23-22-17(24)10-27-9-12-4-5-13(20)8-14(12)19/h3-8H,9-10H2,1-2H3,(H,22,24)(H2,21,23,26). The van der Waals surface area contributed by atoms with Crippen LogP contribution in [-0.2, 0) is 10.5 Å². The average molecular weight is 428 g/mol. The maximum atomic E-state index is 13.0. The van der Waals surface area contributed by atoms with Gasteiger partial charge in [-0.1, -0.05) is 23.7 Å². The van der Waals surface area contributed by atoms with Crippen molar-refractivity contribution in [2.45, 2.75) is 12.7 Å². The van der Waals surface area contributed by atoms with Crippen LogP contribution in [0.15, 0.2) is 36.4 Å². The van der Waals surface area contributed by atoms with E-state index in [0.717, 1.165) is 11.1 Å². The molecule has 2 rings (SSSR count). The molecule has 0 aliphatic rings. The molecule has 0 saturated heterocycles. The number of hydrogen-bond acceptors (Lipinski definition) is 4. The molecule has 27 heavy (non-hydrogen) atoms. The van der Waals surface area contributed by atoms with Crippen LogP contribution in [0.5, 0.6) is 5.75 Å². The van der Waals surface area contributed by atoms with Crippen molar-refractivity contribution in [2.24, 2.45) is 0 Å². The minimum Gasteiger partial charge on any atom is -0.495 e. The second kappa shape index (κ2) is 10.3. The third-order valence-corrected chi connectivity index (χ3v) is 4.96. The van der Waals surface area contributed by atoms with Crippen molar-refractivity contribution in [1.29, 1.82) is 0 Å². The largest absolute Gasteiger partial charge is 0.495 e. The molecular formula is C18H19ClFN3O2S2. The van der Waals surface area contributed by atoms with Crippen molar-refractivity contribution in [3.63, 3.8) is 0 Å². The molecule has 0 aliphatic carbocycles. The predicted molar refractivity (Wildman–Crippen MR) is 113 cm³/mol. The van der Waals surface area contributed by atoms with Crippen LogP contribution in [-0.4, -0.2) is 23.9 Å². The van der Waals surface area contributed by atoms with E-state index in [0.29, 0.717) is 22.2 Å². The lowest BCUT2D eigenvalue weighted by Gasteiger charge is -2.14. The summed E-state index contributed by atoms with van der Waals surface area (Å²) in [6.07, 6.45) is 0.